The number of carbonyl (C=O) groups excluding carboxylic acids is 1. The Bertz CT molecular complexity index is 641. The number of halogens is 1. The van der Waals surface area contributed by atoms with Crippen LogP contribution < -0.4 is 0 Å². The lowest BCUT2D eigenvalue weighted by Crippen LogP contribution is -2.47. The van der Waals surface area contributed by atoms with Gasteiger partial charge < -0.3 is 14.5 Å². The van der Waals surface area contributed by atoms with Gasteiger partial charge in [0.25, 0.3) is 0 Å². The molecule has 2 fully saturated rings. The fraction of sp³-hybridized carbons (Fsp3) is 0.682. The first kappa shape index (κ1) is 20.3. The van der Waals surface area contributed by atoms with Gasteiger partial charge in [-0.05, 0) is 35.8 Å². The van der Waals surface area contributed by atoms with Crippen LogP contribution in [0.2, 0.25) is 0 Å². The lowest BCUT2D eigenvalue weighted by Gasteiger charge is -2.42. The molecule has 1 aromatic carbocycles. The first-order valence-electron chi connectivity index (χ1n) is 10.2. The first-order chi connectivity index (χ1) is 12.9. The number of hydrogen-bond donors (Lipinski definition) is 0. The minimum Gasteiger partial charge on any atom is -0.384 e. The highest BCUT2D eigenvalue weighted by atomic mass is 19.1. The van der Waals surface area contributed by atoms with Gasteiger partial charge in [-0.25, -0.2) is 4.39 Å². The van der Waals surface area contributed by atoms with Crippen molar-refractivity contribution in [1.82, 2.24) is 9.80 Å². The second-order valence-electron chi connectivity index (χ2n) is 8.75. The molecule has 2 saturated heterocycles. The molecule has 2 aliphatic rings. The number of ether oxygens (including phenoxy) is 1. The maximum atomic E-state index is 13.9. The molecule has 0 aromatic heterocycles. The number of hydrogen-bond acceptors (Lipinski definition) is 3. The normalized spacial score (nSPS) is 22.7. The number of rotatable bonds is 6. The second kappa shape index (κ2) is 8.70. The molecule has 2 aliphatic heterocycles. The van der Waals surface area contributed by atoms with Crippen molar-refractivity contribution in [1.29, 1.82) is 0 Å². The van der Waals surface area contributed by atoms with Crippen molar-refractivity contribution >= 4 is 5.91 Å². The van der Waals surface area contributed by atoms with Crippen LogP contribution in [0.15, 0.2) is 24.3 Å². The van der Waals surface area contributed by atoms with Crippen molar-refractivity contribution in [2.75, 3.05) is 46.4 Å². The lowest BCUT2D eigenvalue weighted by atomic mass is 9.71. The monoisotopic (exact) mass is 376 g/mol. The number of nitrogens with zero attached hydrogens (tertiary/aromatic N) is 2. The Morgan fingerprint density at radius 2 is 2.00 bits per heavy atom. The molecule has 0 radical (unpaired) electrons. The van der Waals surface area contributed by atoms with E-state index in [1.807, 2.05) is 4.90 Å². The Morgan fingerprint density at radius 3 is 2.63 bits per heavy atom. The van der Waals surface area contributed by atoms with Crippen LogP contribution >= 0.6 is 0 Å². The topological polar surface area (TPSA) is 32.8 Å². The van der Waals surface area contributed by atoms with E-state index in [4.69, 9.17) is 4.74 Å². The molecule has 2 heterocycles. The molecule has 0 saturated carbocycles. The van der Waals surface area contributed by atoms with E-state index in [0.29, 0.717) is 17.4 Å². The van der Waals surface area contributed by atoms with E-state index < -0.39 is 0 Å². The van der Waals surface area contributed by atoms with E-state index in [1.54, 1.807) is 25.3 Å². The zero-order valence-corrected chi connectivity index (χ0v) is 16.9. The minimum atomic E-state index is -0.292. The highest BCUT2D eigenvalue weighted by molar-refractivity contribution is 5.79. The summed E-state index contributed by atoms with van der Waals surface area (Å²) >= 11 is 0. The van der Waals surface area contributed by atoms with Gasteiger partial charge in [-0.1, -0.05) is 32.0 Å². The van der Waals surface area contributed by atoms with Crippen LogP contribution in [0, 0.1) is 23.1 Å². The Balaban J connectivity index is 1.61. The Labute approximate surface area is 162 Å². The minimum absolute atomic E-state index is 0.0373. The molecule has 27 heavy (non-hydrogen) atoms. The van der Waals surface area contributed by atoms with Gasteiger partial charge in [-0.2, -0.15) is 0 Å². The fourth-order valence-corrected chi connectivity index (χ4v) is 4.91. The van der Waals surface area contributed by atoms with E-state index in [1.165, 1.54) is 6.07 Å². The summed E-state index contributed by atoms with van der Waals surface area (Å²) in [6.07, 6.45) is 2.18. The zero-order valence-electron chi connectivity index (χ0n) is 16.9. The smallest absolute Gasteiger partial charge is 0.227 e. The van der Waals surface area contributed by atoms with Crippen LogP contribution in [-0.4, -0.2) is 62.1 Å². The molecule has 1 atom stereocenters. The predicted octanol–water partition coefficient (Wildman–Crippen LogP) is 3.21. The highest BCUT2D eigenvalue weighted by Crippen LogP contribution is 2.45. The lowest BCUT2D eigenvalue weighted by molar-refractivity contribution is -0.133. The molecule has 0 bridgehead atoms. The van der Waals surface area contributed by atoms with E-state index in [-0.39, 0.29) is 23.6 Å². The van der Waals surface area contributed by atoms with Crippen molar-refractivity contribution < 1.29 is 13.9 Å². The van der Waals surface area contributed by atoms with Gasteiger partial charge in [0.15, 0.2) is 0 Å². The van der Waals surface area contributed by atoms with Gasteiger partial charge in [0.05, 0.1) is 13.0 Å². The molecule has 0 N–H and O–H groups in total. The van der Waals surface area contributed by atoms with Crippen LogP contribution in [-0.2, 0) is 16.0 Å². The molecule has 1 amide bonds. The number of likely N-dealkylation sites (tertiary alicyclic amines) is 2. The van der Waals surface area contributed by atoms with Gasteiger partial charge in [0.1, 0.15) is 5.82 Å². The standard InChI is InChI=1S/C22H33FN2O2/c1-17(2)13-24-14-19(15-27-3)22(16-24)8-10-25(11-9-22)21(26)12-18-6-4-5-7-20(18)23/h4-7,17,19H,8-16H2,1-3H3/t19-/m1/s1. The second-order valence-corrected chi connectivity index (χ2v) is 8.75. The molecule has 0 aliphatic carbocycles. The summed E-state index contributed by atoms with van der Waals surface area (Å²) in [4.78, 5) is 17.2. The molecule has 3 rings (SSSR count). The van der Waals surface area contributed by atoms with E-state index >= 15 is 0 Å². The average Bonchev–Trinajstić information content (AvgIpc) is 2.93. The van der Waals surface area contributed by atoms with Gasteiger partial charge in [-0.15, -0.1) is 0 Å². The fourth-order valence-electron chi connectivity index (χ4n) is 4.91. The average molecular weight is 377 g/mol. The number of carbonyl (C=O) groups is 1. The van der Waals surface area contributed by atoms with Crippen LogP contribution in [0.3, 0.4) is 0 Å². The molecule has 4 nitrogen and oxygen atoms in total. The van der Waals surface area contributed by atoms with Gasteiger partial charge >= 0.3 is 0 Å². The molecular formula is C22H33FN2O2. The summed E-state index contributed by atoms with van der Waals surface area (Å²) in [6.45, 7) is 10.2. The Morgan fingerprint density at radius 1 is 1.30 bits per heavy atom. The van der Waals surface area contributed by atoms with Gasteiger partial charge in [0.2, 0.25) is 5.91 Å². The summed E-state index contributed by atoms with van der Waals surface area (Å²) in [6, 6.07) is 6.57. The Hall–Kier alpha value is -1.46. The van der Waals surface area contributed by atoms with Crippen LogP contribution in [0.25, 0.3) is 0 Å². The van der Waals surface area contributed by atoms with E-state index in [2.05, 4.69) is 18.7 Å². The third-order valence-electron chi connectivity index (χ3n) is 6.29. The van der Waals surface area contributed by atoms with Crippen molar-refractivity contribution in [2.45, 2.75) is 33.1 Å². The SMILES string of the molecule is COC[C@H]1CN(CC(C)C)CC12CCN(C(=O)Cc1ccccc1F)CC2. The van der Waals surface area contributed by atoms with Crippen LogP contribution in [0.4, 0.5) is 4.39 Å². The summed E-state index contributed by atoms with van der Waals surface area (Å²) in [5.41, 5.74) is 0.740. The summed E-state index contributed by atoms with van der Waals surface area (Å²) in [7, 11) is 1.78. The quantitative estimate of drug-likeness (QED) is 0.764. The molecule has 0 unspecified atom stereocenters. The van der Waals surface area contributed by atoms with Crippen molar-refractivity contribution in [3.8, 4) is 0 Å². The van der Waals surface area contributed by atoms with E-state index in [9.17, 15) is 9.18 Å². The summed E-state index contributed by atoms with van der Waals surface area (Å²) in [5.74, 6) is 0.936. The van der Waals surface area contributed by atoms with Crippen molar-refractivity contribution in [2.24, 2.45) is 17.3 Å². The van der Waals surface area contributed by atoms with Crippen LogP contribution in [0.1, 0.15) is 32.3 Å². The number of methoxy groups -OCH3 is 1. The summed E-state index contributed by atoms with van der Waals surface area (Å²) in [5, 5.41) is 0. The third kappa shape index (κ3) is 4.69. The molecular weight excluding hydrogens is 343 g/mol. The maximum Gasteiger partial charge on any atom is 0.227 e. The predicted molar refractivity (Wildman–Crippen MR) is 105 cm³/mol. The summed E-state index contributed by atoms with van der Waals surface area (Å²) < 4.78 is 19.4. The van der Waals surface area contributed by atoms with Crippen molar-refractivity contribution in [3.63, 3.8) is 0 Å². The molecule has 1 spiro atoms. The Kier molecular flexibility index (Phi) is 6.53. The largest absolute Gasteiger partial charge is 0.384 e. The number of amides is 1. The van der Waals surface area contributed by atoms with Crippen molar-refractivity contribution in [3.05, 3.63) is 35.6 Å². The molecule has 5 heteroatoms. The van der Waals surface area contributed by atoms with E-state index in [0.717, 1.165) is 52.2 Å². The van der Waals surface area contributed by atoms with Crippen LogP contribution in [0.5, 0.6) is 0 Å². The number of piperidine rings is 1. The number of benzene rings is 1. The van der Waals surface area contributed by atoms with Gasteiger partial charge in [0, 0.05) is 45.8 Å². The maximum absolute atomic E-state index is 13.9. The third-order valence-corrected chi connectivity index (χ3v) is 6.29. The van der Waals surface area contributed by atoms with Gasteiger partial charge in [-0.3, -0.25) is 4.79 Å². The first-order valence-corrected chi connectivity index (χ1v) is 10.2. The molecule has 150 valence electrons. The molecule has 1 aromatic rings. The zero-order chi connectivity index (χ0) is 19.4. The highest BCUT2D eigenvalue weighted by Gasteiger charge is 2.48.